The highest BCUT2D eigenvalue weighted by atomic mass is 16.4. The number of hydrogen-bond acceptors (Lipinski definition) is 3. The van der Waals surface area contributed by atoms with Crippen LogP contribution < -0.4 is 5.76 Å². The minimum absolute atomic E-state index is 0.136. The van der Waals surface area contributed by atoms with E-state index in [1.807, 2.05) is 6.92 Å². The molecule has 0 atom stereocenters. The third kappa shape index (κ3) is 1.86. The Kier molecular flexibility index (Phi) is 2.36. The summed E-state index contributed by atoms with van der Waals surface area (Å²) >= 11 is 0. The van der Waals surface area contributed by atoms with Gasteiger partial charge in [-0.2, -0.15) is 0 Å². The lowest BCUT2D eigenvalue weighted by Crippen LogP contribution is -1.93. The number of unbranched alkanes of at least 4 members (excludes halogenated alkanes) is 1. The highest BCUT2D eigenvalue weighted by Gasteiger charge is 2.06. The van der Waals surface area contributed by atoms with Crippen molar-refractivity contribution < 1.29 is 9.52 Å². The first-order valence-corrected chi connectivity index (χ1v) is 3.65. The summed E-state index contributed by atoms with van der Waals surface area (Å²) in [4.78, 5) is 12.6. The van der Waals surface area contributed by atoms with E-state index in [1.54, 1.807) is 0 Å². The average Bonchev–Trinajstić information content (AvgIpc) is 2.26. The van der Waals surface area contributed by atoms with Crippen LogP contribution in [0.2, 0.25) is 0 Å². The number of hydrogen-bond donors (Lipinski definition) is 2. The van der Waals surface area contributed by atoms with Gasteiger partial charge in [0.05, 0.1) is 0 Å². The summed E-state index contributed by atoms with van der Waals surface area (Å²) in [6.07, 6.45) is 2.53. The second-order valence-electron chi connectivity index (χ2n) is 2.39. The Morgan fingerprint density at radius 2 is 2.36 bits per heavy atom. The SMILES string of the molecule is CCCCc1oc(=O)[nH]c1O. The molecule has 0 bridgehead atoms. The predicted octanol–water partition coefficient (Wildman–Crippen LogP) is 1.02. The van der Waals surface area contributed by atoms with Gasteiger partial charge in [0.1, 0.15) is 0 Å². The molecule has 11 heavy (non-hydrogen) atoms. The Labute approximate surface area is 63.9 Å². The molecular formula is C7H11NO3. The fourth-order valence-corrected chi connectivity index (χ4v) is 0.859. The average molecular weight is 157 g/mol. The van der Waals surface area contributed by atoms with E-state index >= 15 is 0 Å². The smallest absolute Gasteiger partial charge is 0.419 e. The molecule has 0 radical (unpaired) electrons. The first-order valence-electron chi connectivity index (χ1n) is 3.65. The summed E-state index contributed by atoms with van der Waals surface area (Å²) in [5.41, 5.74) is 0. The molecule has 0 aliphatic heterocycles. The lowest BCUT2D eigenvalue weighted by molar-refractivity contribution is 0.417. The van der Waals surface area contributed by atoms with E-state index in [9.17, 15) is 4.79 Å². The number of aromatic nitrogens is 1. The second-order valence-corrected chi connectivity index (χ2v) is 2.39. The first-order chi connectivity index (χ1) is 5.24. The van der Waals surface area contributed by atoms with Crippen molar-refractivity contribution in [2.24, 2.45) is 0 Å². The molecule has 0 spiro atoms. The highest BCUT2D eigenvalue weighted by Crippen LogP contribution is 2.12. The van der Waals surface area contributed by atoms with Gasteiger partial charge in [0, 0.05) is 6.42 Å². The molecule has 4 nitrogen and oxygen atoms in total. The van der Waals surface area contributed by atoms with Crippen molar-refractivity contribution in [1.82, 2.24) is 4.98 Å². The van der Waals surface area contributed by atoms with Gasteiger partial charge < -0.3 is 9.52 Å². The van der Waals surface area contributed by atoms with Gasteiger partial charge in [0.2, 0.25) is 5.88 Å². The van der Waals surface area contributed by atoms with Gasteiger partial charge in [0.15, 0.2) is 5.76 Å². The number of aromatic hydroxyl groups is 1. The molecule has 4 heteroatoms. The van der Waals surface area contributed by atoms with E-state index in [-0.39, 0.29) is 5.88 Å². The van der Waals surface area contributed by atoms with Crippen LogP contribution in [0.25, 0.3) is 0 Å². The Balaban J connectivity index is 2.69. The summed E-state index contributed by atoms with van der Waals surface area (Å²) in [6, 6.07) is 0. The maximum Gasteiger partial charge on any atom is 0.419 e. The summed E-state index contributed by atoms with van der Waals surface area (Å²) in [6.45, 7) is 2.03. The Morgan fingerprint density at radius 3 is 2.82 bits per heavy atom. The van der Waals surface area contributed by atoms with E-state index in [2.05, 4.69) is 9.40 Å². The normalized spacial score (nSPS) is 10.3. The Morgan fingerprint density at radius 1 is 1.64 bits per heavy atom. The van der Waals surface area contributed by atoms with Crippen molar-refractivity contribution >= 4 is 0 Å². The zero-order chi connectivity index (χ0) is 8.27. The highest BCUT2D eigenvalue weighted by molar-refractivity contribution is 5.11. The van der Waals surface area contributed by atoms with Crippen molar-refractivity contribution in [3.63, 3.8) is 0 Å². The van der Waals surface area contributed by atoms with Crippen molar-refractivity contribution in [3.8, 4) is 5.88 Å². The van der Waals surface area contributed by atoms with Crippen LogP contribution in [0, 0.1) is 0 Å². The molecule has 0 aliphatic carbocycles. The van der Waals surface area contributed by atoms with E-state index < -0.39 is 5.76 Å². The van der Waals surface area contributed by atoms with Crippen LogP contribution >= 0.6 is 0 Å². The first kappa shape index (κ1) is 7.91. The molecule has 1 aromatic rings. The predicted molar refractivity (Wildman–Crippen MR) is 39.6 cm³/mol. The van der Waals surface area contributed by atoms with Gasteiger partial charge in [-0.05, 0) is 6.42 Å². The van der Waals surface area contributed by atoms with Crippen LogP contribution in [0.3, 0.4) is 0 Å². The number of aromatic amines is 1. The van der Waals surface area contributed by atoms with Crippen molar-refractivity contribution in [2.75, 3.05) is 0 Å². The lowest BCUT2D eigenvalue weighted by Gasteiger charge is -1.91. The van der Waals surface area contributed by atoms with Gasteiger partial charge in [-0.3, -0.25) is 4.98 Å². The second kappa shape index (κ2) is 3.27. The molecule has 0 saturated heterocycles. The monoisotopic (exact) mass is 157 g/mol. The minimum Gasteiger partial charge on any atom is -0.492 e. The van der Waals surface area contributed by atoms with E-state index in [1.165, 1.54) is 0 Å². The number of rotatable bonds is 3. The lowest BCUT2D eigenvalue weighted by atomic mass is 10.2. The van der Waals surface area contributed by atoms with Gasteiger partial charge >= 0.3 is 5.76 Å². The summed E-state index contributed by atoms with van der Waals surface area (Å²) in [5.74, 6) is -0.367. The molecule has 62 valence electrons. The molecule has 1 aromatic heterocycles. The molecule has 0 amide bonds. The molecule has 0 fully saturated rings. The minimum atomic E-state index is -0.589. The third-order valence-electron chi connectivity index (χ3n) is 1.46. The third-order valence-corrected chi connectivity index (χ3v) is 1.46. The van der Waals surface area contributed by atoms with E-state index in [4.69, 9.17) is 5.11 Å². The van der Waals surface area contributed by atoms with Crippen molar-refractivity contribution in [2.45, 2.75) is 26.2 Å². The Hall–Kier alpha value is -1.19. The number of nitrogens with one attached hydrogen (secondary N) is 1. The Bertz CT molecular complexity index is 273. The molecule has 0 aromatic carbocycles. The molecular weight excluding hydrogens is 146 g/mol. The van der Waals surface area contributed by atoms with Gasteiger partial charge in [-0.25, -0.2) is 4.79 Å². The van der Waals surface area contributed by atoms with E-state index in [0.29, 0.717) is 12.2 Å². The summed E-state index contributed by atoms with van der Waals surface area (Å²) in [7, 11) is 0. The molecule has 0 saturated carbocycles. The quantitative estimate of drug-likeness (QED) is 0.688. The molecule has 1 rings (SSSR count). The van der Waals surface area contributed by atoms with Crippen LogP contribution in [0.5, 0.6) is 5.88 Å². The van der Waals surface area contributed by atoms with Gasteiger partial charge in [-0.15, -0.1) is 0 Å². The molecule has 0 aliphatic rings. The summed E-state index contributed by atoms with van der Waals surface area (Å²) in [5, 5.41) is 9.01. The van der Waals surface area contributed by atoms with Gasteiger partial charge in [0.25, 0.3) is 0 Å². The maximum atomic E-state index is 10.5. The molecule has 2 N–H and O–H groups in total. The number of aryl methyl sites for hydroxylation is 1. The summed E-state index contributed by atoms with van der Waals surface area (Å²) < 4.78 is 4.66. The van der Waals surface area contributed by atoms with Gasteiger partial charge in [-0.1, -0.05) is 13.3 Å². The van der Waals surface area contributed by atoms with Crippen LogP contribution in [-0.4, -0.2) is 10.1 Å². The fraction of sp³-hybridized carbons (Fsp3) is 0.571. The van der Waals surface area contributed by atoms with E-state index in [0.717, 1.165) is 12.8 Å². The standard InChI is InChI=1S/C7H11NO3/c1-2-3-4-5-6(9)8-7(10)11-5/h9H,2-4H2,1H3,(H,8,10). The maximum absolute atomic E-state index is 10.5. The fourth-order valence-electron chi connectivity index (χ4n) is 0.859. The number of H-pyrrole nitrogens is 1. The van der Waals surface area contributed by atoms with Crippen molar-refractivity contribution in [3.05, 3.63) is 16.3 Å². The van der Waals surface area contributed by atoms with Crippen LogP contribution in [0.4, 0.5) is 0 Å². The van der Waals surface area contributed by atoms with Crippen LogP contribution in [0.15, 0.2) is 9.21 Å². The largest absolute Gasteiger partial charge is 0.492 e. The number of oxazole rings is 1. The van der Waals surface area contributed by atoms with Crippen molar-refractivity contribution in [1.29, 1.82) is 0 Å². The zero-order valence-corrected chi connectivity index (χ0v) is 6.39. The zero-order valence-electron chi connectivity index (χ0n) is 6.39. The molecule has 1 heterocycles. The topological polar surface area (TPSA) is 66.2 Å². The van der Waals surface area contributed by atoms with Crippen LogP contribution in [0.1, 0.15) is 25.5 Å². The van der Waals surface area contributed by atoms with Crippen LogP contribution in [-0.2, 0) is 6.42 Å². The molecule has 0 unspecified atom stereocenters.